The average molecular weight is 222 g/mol. The van der Waals surface area contributed by atoms with Crippen molar-refractivity contribution in [3.05, 3.63) is 29.8 Å². The van der Waals surface area contributed by atoms with Gasteiger partial charge in [0.15, 0.2) is 5.78 Å². The number of Topliss-reactive ketones (excluding diaryl/α,β-unsaturated/α-hetero) is 1. The van der Waals surface area contributed by atoms with E-state index in [1.807, 2.05) is 30.0 Å². The molecule has 0 spiro atoms. The molecule has 0 aliphatic rings. The standard InChI is InChI=1S/C13H18OS/c1-10(2)7-8-15-13-6-4-5-12(9-13)11(3)14/h4-6,9-10H,7-8H2,1-3H3. The van der Waals surface area contributed by atoms with Gasteiger partial charge in [0.2, 0.25) is 0 Å². The minimum atomic E-state index is 0.140. The Labute approximate surface area is 96.3 Å². The SMILES string of the molecule is CC(=O)c1cccc(SCCC(C)C)c1. The number of hydrogen-bond acceptors (Lipinski definition) is 2. The summed E-state index contributed by atoms with van der Waals surface area (Å²) in [5, 5.41) is 0. The Morgan fingerprint density at radius 2 is 2.13 bits per heavy atom. The molecule has 2 heteroatoms. The summed E-state index contributed by atoms with van der Waals surface area (Å²) in [4.78, 5) is 12.4. The number of ketones is 1. The zero-order valence-corrected chi connectivity index (χ0v) is 10.4. The number of carbonyl (C=O) groups excluding carboxylic acids is 1. The predicted molar refractivity (Wildman–Crippen MR) is 66.6 cm³/mol. The van der Waals surface area contributed by atoms with Crippen LogP contribution >= 0.6 is 11.8 Å². The van der Waals surface area contributed by atoms with E-state index >= 15 is 0 Å². The van der Waals surface area contributed by atoms with Crippen LogP contribution in [0.3, 0.4) is 0 Å². The molecular weight excluding hydrogens is 204 g/mol. The van der Waals surface area contributed by atoms with Crippen LogP contribution in [0.5, 0.6) is 0 Å². The highest BCUT2D eigenvalue weighted by Crippen LogP contribution is 2.21. The minimum Gasteiger partial charge on any atom is -0.295 e. The topological polar surface area (TPSA) is 17.1 Å². The lowest BCUT2D eigenvalue weighted by Crippen LogP contribution is -1.92. The monoisotopic (exact) mass is 222 g/mol. The van der Waals surface area contributed by atoms with E-state index in [1.54, 1.807) is 6.92 Å². The van der Waals surface area contributed by atoms with Crippen molar-refractivity contribution in [1.29, 1.82) is 0 Å². The first kappa shape index (κ1) is 12.3. The first-order valence-corrected chi connectivity index (χ1v) is 6.32. The van der Waals surface area contributed by atoms with E-state index in [-0.39, 0.29) is 5.78 Å². The predicted octanol–water partition coefficient (Wildman–Crippen LogP) is 4.03. The van der Waals surface area contributed by atoms with Crippen LogP contribution in [0.1, 0.15) is 37.6 Å². The van der Waals surface area contributed by atoms with E-state index < -0.39 is 0 Å². The number of thioether (sulfide) groups is 1. The Morgan fingerprint density at radius 3 is 2.73 bits per heavy atom. The van der Waals surface area contributed by atoms with Crippen LogP contribution in [0, 0.1) is 5.92 Å². The lowest BCUT2D eigenvalue weighted by atomic mass is 10.2. The van der Waals surface area contributed by atoms with Crippen LogP contribution in [-0.2, 0) is 0 Å². The van der Waals surface area contributed by atoms with Gasteiger partial charge in [0, 0.05) is 10.5 Å². The van der Waals surface area contributed by atoms with Gasteiger partial charge in [-0.3, -0.25) is 4.79 Å². The maximum Gasteiger partial charge on any atom is 0.159 e. The van der Waals surface area contributed by atoms with Crippen molar-refractivity contribution in [2.45, 2.75) is 32.1 Å². The first-order valence-electron chi connectivity index (χ1n) is 5.33. The van der Waals surface area contributed by atoms with Gasteiger partial charge in [0.1, 0.15) is 0 Å². The van der Waals surface area contributed by atoms with E-state index in [4.69, 9.17) is 0 Å². The summed E-state index contributed by atoms with van der Waals surface area (Å²) in [6.45, 7) is 6.07. The molecule has 0 saturated carbocycles. The van der Waals surface area contributed by atoms with Gasteiger partial charge in [0.25, 0.3) is 0 Å². The van der Waals surface area contributed by atoms with E-state index in [0.717, 1.165) is 17.2 Å². The maximum absolute atomic E-state index is 11.2. The molecule has 1 aromatic rings. The lowest BCUT2D eigenvalue weighted by molar-refractivity contribution is 0.101. The van der Waals surface area contributed by atoms with Gasteiger partial charge in [-0.15, -0.1) is 11.8 Å². The molecule has 1 nitrogen and oxygen atoms in total. The molecular formula is C13H18OS. The fourth-order valence-electron chi connectivity index (χ4n) is 1.22. The molecule has 1 aromatic carbocycles. The van der Waals surface area contributed by atoms with Crippen LogP contribution in [0.25, 0.3) is 0 Å². The van der Waals surface area contributed by atoms with Crippen LogP contribution in [0.2, 0.25) is 0 Å². The van der Waals surface area contributed by atoms with E-state index in [9.17, 15) is 4.79 Å². The third kappa shape index (κ3) is 4.52. The van der Waals surface area contributed by atoms with Crippen molar-refractivity contribution in [2.75, 3.05) is 5.75 Å². The highest BCUT2D eigenvalue weighted by Gasteiger charge is 2.01. The summed E-state index contributed by atoms with van der Waals surface area (Å²) in [7, 11) is 0. The maximum atomic E-state index is 11.2. The summed E-state index contributed by atoms with van der Waals surface area (Å²) in [5.74, 6) is 2.01. The molecule has 0 unspecified atom stereocenters. The number of rotatable bonds is 5. The number of carbonyl (C=O) groups is 1. The van der Waals surface area contributed by atoms with Crippen molar-refractivity contribution < 1.29 is 4.79 Å². The summed E-state index contributed by atoms with van der Waals surface area (Å²) >= 11 is 1.83. The third-order valence-electron chi connectivity index (χ3n) is 2.20. The van der Waals surface area contributed by atoms with Gasteiger partial charge in [-0.1, -0.05) is 26.0 Å². The van der Waals surface area contributed by atoms with Crippen LogP contribution < -0.4 is 0 Å². The largest absolute Gasteiger partial charge is 0.295 e. The van der Waals surface area contributed by atoms with E-state index in [2.05, 4.69) is 19.9 Å². The molecule has 0 aliphatic carbocycles. The Morgan fingerprint density at radius 1 is 1.40 bits per heavy atom. The van der Waals surface area contributed by atoms with Gasteiger partial charge in [-0.2, -0.15) is 0 Å². The minimum absolute atomic E-state index is 0.140. The smallest absolute Gasteiger partial charge is 0.159 e. The van der Waals surface area contributed by atoms with Crippen LogP contribution in [0.4, 0.5) is 0 Å². The molecule has 0 radical (unpaired) electrons. The molecule has 0 N–H and O–H groups in total. The van der Waals surface area contributed by atoms with Crippen LogP contribution in [0.15, 0.2) is 29.2 Å². The normalized spacial score (nSPS) is 10.7. The molecule has 0 bridgehead atoms. The zero-order valence-electron chi connectivity index (χ0n) is 9.62. The Hall–Kier alpha value is -0.760. The number of benzene rings is 1. The molecule has 0 aliphatic heterocycles. The lowest BCUT2D eigenvalue weighted by Gasteiger charge is -2.05. The average Bonchev–Trinajstić information content (AvgIpc) is 2.17. The fourth-order valence-corrected chi connectivity index (χ4v) is 2.43. The van der Waals surface area contributed by atoms with Gasteiger partial charge in [0.05, 0.1) is 0 Å². The Kier molecular flexibility index (Phi) is 4.89. The van der Waals surface area contributed by atoms with E-state index in [0.29, 0.717) is 0 Å². The molecule has 82 valence electrons. The summed E-state index contributed by atoms with van der Waals surface area (Å²) in [6.07, 6.45) is 1.22. The van der Waals surface area contributed by atoms with Crippen molar-refractivity contribution in [3.63, 3.8) is 0 Å². The van der Waals surface area contributed by atoms with Crippen LogP contribution in [-0.4, -0.2) is 11.5 Å². The fraction of sp³-hybridized carbons (Fsp3) is 0.462. The molecule has 0 fully saturated rings. The van der Waals surface area contributed by atoms with Crippen molar-refractivity contribution in [3.8, 4) is 0 Å². The molecule has 1 rings (SSSR count). The highest BCUT2D eigenvalue weighted by atomic mass is 32.2. The number of hydrogen-bond donors (Lipinski definition) is 0. The Bertz CT molecular complexity index is 331. The molecule has 0 aromatic heterocycles. The molecule has 0 heterocycles. The first-order chi connectivity index (χ1) is 7.09. The Balaban J connectivity index is 2.54. The van der Waals surface area contributed by atoms with Gasteiger partial charge in [-0.25, -0.2) is 0 Å². The second-order valence-electron chi connectivity index (χ2n) is 4.12. The summed E-state index contributed by atoms with van der Waals surface area (Å²) < 4.78 is 0. The van der Waals surface area contributed by atoms with Gasteiger partial charge < -0.3 is 0 Å². The highest BCUT2D eigenvalue weighted by molar-refractivity contribution is 7.99. The van der Waals surface area contributed by atoms with Crippen molar-refractivity contribution in [1.82, 2.24) is 0 Å². The van der Waals surface area contributed by atoms with Gasteiger partial charge >= 0.3 is 0 Å². The molecule has 0 amide bonds. The third-order valence-corrected chi connectivity index (χ3v) is 3.23. The second-order valence-corrected chi connectivity index (χ2v) is 5.28. The van der Waals surface area contributed by atoms with Gasteiger partial charge in [-0.05, 0) is 37.1 Å². The molecule has 15 heavy (non-hydrogen) atoms. The summed E-state index contributed by atoms with van der Waals surface area (Å²) in [5.41, 5.74) is 0.810. The van der Waals surface area contributed by atoms with Crippen molar-refractivity contribution in [2.24, 2.45) is 5.92 Å². The second kappa shape index (κ2) is 5.96. The molecule has 0 saturated heterocycles. The van der Waals surface area contributed by atoms with E-state index in [1.165, 1.54) is 11.3 Å². The summed E-state index contributed by atoms with van der Waals surface area (Å²) in [6, 6.07) is 7.87. The molecule has 0 atom stereocenters. The zero-order chi connectivity index (χ0) is 11.3. The quantitative estimate of drug-likeness (QED) is 0.552. The van der Waals surface area contributed by atoms with Crippen molar-refractivity contribution >= 4 is 17.5 Å².